The van der Waals surface area contributed by atoms with Crippen molar-refractivity contribution in [3.8, 4) is 0 Å². The van der Waals surface area contributed by atoms with Crippen LogP contribution in [0.15, 0.2) is 48.5 Å². The van der Waals surface area contributed by atoms with E-state index in [1.54, 1.807) is 16.7 Å². The molecule has 3 rings (SSSR count). The van der Waals surface area contributed by atoms with Gasteiger partial charge in [-0.1, -0.05) is 73.3 Å². The second kappa shape index (κ2) is 12.3. The molecular weight excluding hydrogens is 440 g/mol. The molecule has 1 aliphatic rings. The van der Waals surface area contributed by atoms with E-state index in [1.165, 1.54) is 17.5 Å². The van der Waals surface area contributed by atoms with E-state index in [0.29, 0.717) is 17.3 Å². The molecule has 1 saturated carbocycles. The predicted octanol–water partition coefficient (Wildman–Crippen LogP) is 5.75. The minimum absolute atomic E-state index is 0.0465. The van der Waals surface area contributed by atoms with Crippen LogP contribution < -0.4 is 5.32 Å². The molecule has 0 spiro atoms. The third-order valence-electron chi connectivity index (χ3n) is 6.16. The number of carbonyl (C=O) groups excluding carboxylic acids is 2. The number of rotatable bonds is 9. The van der Waals surface area contributed by atoms with E-state index in [1.807, 2.05) is 43.3 Å². The lowest BCUT2D eigenvalue weighted by Gasteiger charge is -2.31. The second-order valence-corrected chi connectivity index (χ2v) is 9.94. The van der Waals surface area contributed by atoms with Crippen LogP contribution in [0.25, 0.3) is 0 Å². The van der Waals surface area contributed by atoms with Gasteiger partial charge in [-0.2, -0.15) is 0 Å². The second-order valence-electron chi connectivity index (χ2n) is 8.55. The molecule has 1 atom stereocenters. The number of amides is 2. The van der Waals surface area contributed by atoms with Crippen molar-refractivity contribution in [2.45, 2.75) is 70.3 Å². The zero-order valence-electron chi connectivity index (χ0n) is 19.0. The molecule has 1 unspecified atom stereocenters. The maximum absolute atomic E-state index is 13.3. The van der Waals surface area contributed by atoms with Crippen LogP contribution >= 0.6 is 23.4 Å². The third kappa shape index (κ3) is 7.01. The van der Waals surface area contributed by atoms with Gasteiger partial charge in [0.05, 0.1) is 5.75 Å². The topological polar surface area (TPSA) is 49.4 Å². The lowest BCUT2D eigenvalue weighted by molar-refractivity contribution is -0.139. The molecule has 1 fully saturated rings. The summed E-state index contributed by atoms with van der Waals surface area (Å²) in [5.41, 5.74) is 3.30. The van der Waals surface area contributed by atoms with Crippen molar-refractivity contribution >= 4 is 35.2 Å². The van der Waals surface area contributed by atoms with E-state index in [0.717, 1.165) is 37.0 Å². The summed E-state index contributed by atoms with van der Waals surface area (Å²) >= 11 is 7.95. The Kier molecular flexibility index (Phi) is 9.49. The quantitative estimate of drug-likeness (QED) is 0.505. The number of benzene rings is 2. The lowest BCUT2D eigenvalue weighted by atomic mass is 9.95. The molecule has 0 aliphatic heterocycles. The van der Waals surface area contributed by atoms with Crippen LogP contribution in [-0.4, -0.2) is 34.6 Å². The Morgan fingerprint density at radius 2 is 1.72 bits per heavy atom. The Morgan fingerprint density at radius 1 is 1.06 bits per heavy atom. The molecule has 2 amide bonds. The number of aryl methyl sites for hydroxylation is 1. The molecule has 32 heavy (non-hydrogen) atoms. The first-order valence-electron chi connectivity index (χ1n) is 11.4. The van der Waals surface area contributed by atoms with E-state index in [9.17, 15) is 9.59 Å². The molecule has 2 aromatic carbocycles. The van der Waals surface area contributed by atoms with Gasteiger partial charge in [-0.15, -0.1) is 11.8 Å². The molecule has 0 heterocycles. The molecule has 172 valence electrons. The van der Waals surface area contributed by atoms with E-state index >= 15 is 0 Å². The van der Waals surface area contributed by atoms with Gasteiger partial charge in [0.1, 0.15) is 6.04 Å². The summed E-state index contributed by atoms with van der Waals surface area (Å²) in [6, 6.07) is 15.4. The van der Waals surface area contributed by atoms with Crippen LogP contribution in [0.2, 0.25) is 5.02 Å². The van der Waals surface area contributed by atoms with Crippen molar-refractivity contribution in [1.29, 1.82) is 0 Å². The highest BCUT2D eigenvalue weighted by molar-refractivity contribution is 7.99. The molecule has 0 bridgehead atoms. The lowest BCUT2D eigenvalue weighted by Crippen LogP contribution is -2.50. The molecule has 4 nitrogen and oxygen atoms in total. The monoisotopic (exact) mass is 472 g/mol. The number of nitrogens with zero attached hydrogens (tertiary/aromatic N) is 1. The van der Waals surface area contributed by atoms with Gasteiger partial charge in [0, 0.05) is 23.4 Å². The van der Waals surface area contributed by atoms with Gasteiger partial charge < -0.3 is 10.2 Å². The van der Waals surface area contributed by atoms with Gasteiger partial charge in [0.25, 0.3) is 0 Å². The highest BCUT2D eigenvalue weighted by Gasteiger charge is 2.28. The van der Waals surface area contributed by atoms with Crippen LogP contribution in [0.1, 0.15) is 55.7 Å². The fraction of sp³-hybridized carbons (Fsp3) is 0.462. The van der Waals surface area contributed by atoms with Crippen molar-refractivity contribution in [3.05, 3.63) is 70.2 Å². The van der Waals surface area contributed by atoms with Gasteiger partial charge in [0.2, 0.25) is 11.8 Å². The molecule has 1 N–H and O–H groups in total. The number of hydrogen-bond donors (Lipinski definition) is 1. The van der Waals surface area contributed by atoms with Gasteiger partial charge in [-0.3, -0.25) is 9.59 Å². The van der Waals surface area contributed by atoms with Gasteiger partial charge in [0.15, 0.2) is 0 Å². The predicted molar refractivity (Wildman–Crippen MR) is 134 cm³/mol. The Balaban J connectivity index is 1.67. The molecule has 0 aromatic heterocycles. The summed E-state index contributed by atoms with van der Waals surface area (Å²) in [5.74, 6) is 0.955. The van der Waals surface area contributed by atoms with E-state index in [-0.39, 0.29) is 17.9 Å². The molecular formula is C26H33ClN2O2S. The first kappa shape index (κ1) is 24.7. The van der Waals surface area contributed by atoms with Crippen LogP contribution in [0.3, 0.4) is 0 Å². The van der Waals surface area contributed by atoms with Crippen molar-refractivity contribution in [2.75, 3.05) is 5.75 Å². The summed E-state index contributed by atoms with van der Waals surface area (Å²) in [7, 11) is 0. The van der Waals surface area contributed by atoms with Gasteiger partial charge >= 0.3 is 0 Å². The van der Waals surface area contributed by atoms with Crippen molar-refractivity contribution in [1.82, 2.24) is 10.2 Å². The maximum Gasteiger partial charge on any atom is 0.242 e. The van der Waals surface area contributed by atoms with Gasteiger partial charge in [-0.25, -0.2) is 0 Å². The largest absolute Gasteiger partial charge is 0.352 e. The Morgan fingerprint density at radius 3 is 2.41 bits per heavy atom. The van der Waals surface area contributed by atoms with Crippen LogP contribution in [0.4, 0.5) is 0 Å². The fourth-order valence-electron chi connectivity index (χ4n) is 4.06. The maximum atomic E-state index is 13.3. The average molecular weight is 473 g/mol. The summed E-state index contributed by atoms with van der Waals surface area (Å²) in [6.07, 6.45) is 5.57. The summed E-state index contributed by atoms with van der Waals surface area (Å²) in [6.45, 7) is 4.22. The first-order chi connectivity index (χ1) is 15.5. The van der Waals surface area contributed by atoms with Crippen molar-refractivity contribution in [3.63, 3.8) is 0 Å². The average Bonchev–Trinajstić information content (AvgIpc) is 2.80. The van der Waals surface area contributed by atoms with Gasteiger partial charge in [-0.05, 0) is 49.4 Å². The van der Waals surface area contributed by atoms with E-state index in [4.69, 9.17) is 11.6 Å². The minimum atomic E-state index is -0.556. The molecule has 6 heteroatoms. The Hall–Kier alpha value is -1.98. The van der Waals surface area contributed by atoms with Crippen LogP contribution in [0, 0.1) is 6.92 Å². The number of nitrogens with one attached hydrogen (secondary N) is 1. The van der Waals surface area contributed by atoms with E-state index < -0.39 is 6.04 Å². The molecule has 0 saturated heterocycles. The third-order valence-corrected chi connectivity index (χ3v) is 7.50. The zero-order chi connectivity index (χ0) is 22.9. The summed E-state index contributed by atoms with van der Waals surface area (Å²) in [5, 5.41) is 3.78. The minimum Gasteiger partial charge on any atom is -0.352 e. The number of thioether (sulfide) groups is 1. The Labute approximate surface area is 201 Å². The number of halogens is 1. The summed E-state index contributed by atoms with van der Waals surface area (Å²) < 4.78 is 0. The number of hydrogen-bond acceptors (Lipinski definition) is 3. The highest BCUT2D eigenvalue weighted by atomic mass is 35.5. The van der Waals surface area contributed by atoms with E-state index in [2.05, 4.69) is 24.4 Å². The zero-order valence-corrected chi connectivity index (χ0v) is 20.6. The van der Waals surface area contributed by atoms with Crippen LogP contribution in [-0.2, 0) is 21.9 Å². The molecule has 1 aliphatic carbocycles. The highest BCUT2D eigenvalue weighted by Crippen LogP contribution is 2.22. The van der Waals surface area contributed by atoms with Crippen LogP contribution in [0.5, 0.6) is 0 Å². The Bertz CT molecular complexity index is 914. The summed E-state index contributed by atoms with van der Waals surface area (Å²) in [4.78, 5) is 28.0. The standard InChI is InChI=1S/C26H33ClN2O2S/c1-19-10-6-7-12-22(19)17-32-18-25(30)29(16-21-11-8-9-15-24(21)27)20(2)26(31)28-23-13-4-3-5-14-23/h6-12,15,20,23H,3-5,13-14,16-18H2,1-2H3,(H,28,31). The normalized spacial score (nSPS) is 15.2. The fourth-order valence-corrected chi connectivity index (χ4v) is 5.25. The molecule has 2 aromatic rings. The first-order valence-corrected chi connectivity index (χ1v) is 12.9. The smallest absolute Gasteiger partial charge is 0.242 e. The van der Waals surface area contributed by atoms with Crippen molar-refractivity contribution in [2.24, 2.45) is 0 Å². The SMILES string of the molecule is Cc1ccccc1CSCC(=O)N(Cc1ccccc1Cl)C(C)C(=O)NC1CCCCC1. The number of carbonyl (C=O) groups is 2. The van der Waals surface area contributed by atoms with Crippen molar-refractivity contribution < 1.29 is 9.59 Å². The molecule has 0 radical (unpaired) electrons.